The minimum atomic E-state index is -0.504. The van der Waals surface area contributed by atoms with E-state index in [0.29, 0.717) is 27.2 Å². The van der Waals surface area contributed by atoms with E-state index in [-0.39, 0.29) is 18.0 Å². The summed E-state index contributed by atoms with van der Waals surface area (Å²) in [5.41, 5.74) is 1.04. The molecule has 4 rings (SSSR count). The molecular formula is C21H17ClN4O3. The van der Waals surface area contributed by atoms with E-state index in [4.69, 9.17) is 11.6 Å². The number of hydrogen-bond acceptors (Lipinski definition) is 3. The largest absolute Gasteiger partial charge is 0.328 e. The van der Waals surface area contributed by atoms with Gasteiger partial charge >= 0.3 is 5.69 Å². The maximum Gasteiger partial charge on any atom is 0.328 e. The average molecular weight is 409 g/mol. The SMILES string of the molecule is CCn1c(=O)[nH]c2cc(C(=O)Nc3ccc(Cl)cc3-n3cccc3)ccc2c1=O. The molecule has 0 saturated carbocycles. The Labute approximate surface area is 170 Å². The van der Waals surface area contributed by atoms with E-state index < -0.39 is 5.69 Å². The summed E-state index contributed by atoms with van der Waals surface area (Å²) in [6.45, 7) is 1.99. The van der Waals surface area contributed by atoms with Crippen LogP contribution in [0.5, 0.6) is 0 Å². The Hall–Kier alpha value is -3.58. The van der Waals surface area contributed by atoms with Crippen molar-refractivity contribution in [1.82, 2.24) is 14.1 Å². The Bertz CT molecular complexity index is 1340. The van der Waals surface area contributed by atoms with Crippen LogP contribution in [0.15, 0.2) is 70.5 Å². The van der Waals surface area contributed by atoms with Gasteiger partial charge in [0.2, 0.25) is 0 Å². The fraction of sp³-hybridized carbons (Fsp3) is 0.0952. The van der Waals surface area contributed by atoms with Gasteiger partial charge in [-0.2, -0.15) is 0 Å². The third-order valence-electron chi connectivity index (χ3n) is 4.65. The van der Waals surface area contributed by atoms with Crippen LogP contribution in [0.25, 0.3) is 16.6 Å². The van der Waals surface area contributed by atoms with Crippen LogP contribution >= 0.6 is 11.6 Å². The standard InChI is InChI=1S/C21H17ClN4O3/c1-2-26-20(28)15-7-5-13(11-17(15)24-21(26)29)19(27)23-16-8-6-14(22)12-18(16)25-9-3-4-10-25/h3-12H,2H2,1H3,(H,23,27)(H,24,29). The van der Waals surface area contributed by atoms with Gasteiger partial charge in [-0.1, -0.05) is 11.6 Å². The summed E-state index contributed by atoms with van der Waals surface area (Å²) in [5, 5.41) is 3.76. The first-order valence-electron chi connectivity index (χ1n) is 8.99. The summed E-state index contributed by atoms with van der Waals surface area (Å²) >= 11 is 6.12. The van der Waals surface area contributed by atoms with Crippen LogP contribution in [0.2, 0.25) is 5.02 Å². The number of anilines is 1. The molecule has 0 aliphatic heterocycles. The molecule has 29 heavy (non-hydrogen) atoms. The van der Waals surface area contributed by atoms with Gasteiger partial charge in [0.1, 0.15) is 0 Å². The lowest BCUT2D eigenvalue weighted by Crippen LogP contribution is -2.34. The monoisotopic (exact) mass is 408 g/mol. The number of benzene rings is 2. The summed E-state index contributed by atoms with van der Waals surface area (Å²) in [4.78, 5) is 39.9. The molecule has 0 spiro atoms. The lowest BCUT2D eigenvalue weighted by atomic mass is 10.1. The number of rotatable bonds is 4. The molecule has 2 N–H and O–H groups in total. The number of amides is 1. The minimum absolute atomic E-state index is 0.269. The molecular weight excluding hydrogens is 392 g/mol. The first-order chi connectivity index (χ1) is 14.0. The number of carbonyl (C=O) groups is 1. The molecule has 2 aromatic carbocycles. The molecule has 0 fully saturated rings. The minimum Gasteiger partial charge on any atom is -0.322 e. The second-order valence-corrected chi connectivity index (χ2v) is 6.88. The molecule has 2 aromatic heterocycles. The summed E-state index contributed by atoms with van der Waals surface area (Å²) in [5.74, 6) is -0.372. The summed E-state index contributed by atoms with van der Waals surface area (Å²) in [6.07, 6.45) is 3.70. The fourth-order valence-electron chi connectivity index (χ4n) is 3.20. The number of aromatic amines is 1. The van der Waals surface area contributed by atoms with Crippen molar-refractivity contribution in [3.63, 3.8) is 0 Å². The van der Waals surface area contributed by atoms with E-state index in [1.165, 1.54) is 6.07 Å². The molecule has 0 aliphatic carbocycles. The number of nitrogens with one attached hydrogen (secondary N) is 2. The molecule has 0 saturated heterocycles. The van der Waals surface area contributed by atoms with Gasteiger partial charge in [0.05, 0.1) is 22.3 Å². The van der Waals surface area contributed by atoms with Gasteiger partial charge in [0, 0.05) is 29.5 Å². The molecule has 146 valence electrons. The van der Waals surface area contributed by atoms with Crippen LogP contribution in [0.3, 0.4) is 0 Å². The van der Waals surface area contributed by atoms with E-state index in [9.17, 15) is 14.4 Å². The van der Waals surface area contributed by atoms with Crippen molar-refractivity contribution >= 4 is 34.1 Å². The van der Waals surface area contributed by atoms with Crippen molar-refractivity contribution in [1.29, 1.82) is 0 Å². The maximum absolute atomic E-state index is 12.8. The first-order valence-corrected chi connectivity index (χ1v) is 9.37. The lowest BCUT2D eigenvalue weighted by molar-refractivity contribution is 0.102. The van der Waals surface area contributed by atoms with E-state index in [0.717, 1.165) is 10.3 Å². The number of nitrogens with zero attached hydrogens (tertiary/aromatic N) is 2. The molecule has 0 radical (unpaired) electrons. The first kappa shape index (κ1) is 18.8. The van der Waals surface area contributed by atoms with Gasteiger partial charge in [-0.25, -0.2) is 4.79 Å². The van der Waals surface area contributed by atoms with Crippen LogP contribution in [0.1, 0.15) is 17.3 Å². The van der Waals surface area contributed by atoms with E-state index in [1.54, 1.807) is 37.3 Å². The highest BCUT2D eigenvalue weighted by atomic mass is 35.5. The molecule has 8 heteroatoms. The molecule has 2 heterocycles. The van der Waals surface area contributed by atoms with Gasteiger partial charge in [-0.3, -0.25) is 14.2 Å². The van der Waals surface area contributed by atoms with Crippen LogP contribution in [0, 0.1) is 0 Å². The van der Waals surface area contributed by atoms with Gasteiger partial charge in [0.15, 0.2) is 0 Å². The molecule has 0 bridgehead atoms. The Morgan fingerprint density at radius 1 is 1.10 bits per heavy atom. The summed E-state index contributed by atoms with van der Waals surface area (Å²) in [7, 11) is 0. The Morgan fingerprint density at radius 3 is 2.59 bits per heavy atom. The summed E-state index contributed by atoms with van der Waals surface area (Å²) in [6, 6.07) is 13.5. The van der Waals surface area contributed by atoms with E-state index in [2.05, 4.69) is 10.3 Å². The van der Waals surface area contributed by atoms with Crippen molar-refractivity contribution in [2.24, 2.45) is 0 Å². The number of halogens is 1. The Kier molecular flexibility index (Phi) is 4.82. The second-order valence-electron chi connectivity index (χ2n) is 6.45. The normalized spacial score (nSPS) is 11.0. The molecule has 4 aromatic rings. The van der Waals surface area contributed by atoms with Crippen LogP contribution in [0.4, 0.5) is 5.69 Å². The number of hydrogen-bond donors (Lipinski definition) is 2. The zero-order valence-corrected chi connectivity index (χ0v) is 16.2. The molecule has 0 aliphatic rings. The van der Waals surface area contributed by atoms with E-state index >= 15 is 0 Å². The van der Waals surface area contributed by atoms with Gasteiger partial charge < -0.3 is 14.9 Å². The van der Waals surface area contributed by atoms with Crippen LogP contribution in [-0.4, -0.2) is 20.0 Å². The van der Waals surface area contributed by atoms with Crippen molar-refractivity contribution in [2.75, 3.05) is 5.32 Å². The third-order valence-corrected chi connectivity index (χ3v) is 4.89. The zero-order chi connectivity index (χ0) is 20.5. The van der Waals surface area contributed by atoms with Crippen LogP contribution < -0.4 is 16.6 Å². The number of H-pyrrole nitrogens is 1. The molecule has 1 amide bonds. The number of fused-ring (bicyclic) bond motifs is 1. The predicted molar refractivity (Wildman–Crippen MR) is 113 cm³/mol. The zero-order valence-electron chi connectivity index (χ0n) is 15.5. The summed E-state index contributed by atoms with van der Waals surface area (Å²) < 4.78 is 2.95. The highest BCUT2D eigenvalue weighted by Gasteiger charge is 2.13. The van der Waals surface area contributed by atoms with Crippen molar-refractivity contribution < 1.29 is 4.79 Å². The number of aromatic nitrogens is 3. The Morgan fingerprint density at radius 2 is 1.86 bits per heavy atom. The smallest absolute Gasteiger partial charge is 0.322 e. The molecule has 0 unspecified atom stereocenters. The molecule has 0 atom stereocenters. The average Bonchev–Trinajstić information content (AvgIpc) is 3.24. The predicted octanol–water partition coefficient (Wildman–Crippen LogP) is 3.41. The van der Waals surface area contributed by atoms with Crippen molar-refractivity contribution in [2.45, 2.75) is 13.5 Å². The van der Waals surface area contributed by atoms with Gasteiger partial charge in [0.25, 0.3) is 11.5 Å². The topological polar surface area (TPSA) is 88.9 Å². The maximum atomic E-state index is 12.8. The van der Waals surface area contributed by atoms with Crippen LogP contribution in [-0.2, 0) is 6.54 Å². The highest BCUT2D eigenvalue weighted by Crippen LogP contribution is 2.25. The fourth-order valence-corrected chi connectivity index (χ4v) is 3.36. The van der Waals surface area contributed by atoms with E-state index in [1.807, 2.05) is 29.1 Å². The quantitative estimate of drug-likeness (QED) is 0.542. The molecule has 7 nitrogen and oxygen atoms in total. The van der Waals surface area contributed by atoms with Gasteiger partial charge in [-0.15, -0.1) is 0 Å². The second kappa shape index (κ2) is 7.44. The highest BCUT2D eigenvalue weighted by molar-refractivity contribution is 6.31. The third kappa shape index (κ3) is 3.48. The lowest BCUT2D eigenvalue weighted by Gasteiger charge is -2.13. The van der Waals surface area contributed by atoms with Crippen molar-refractivity contribution in [3.8, 4) is 5.69 Å². The van der Waals surface area contributed by atoms with Crippen molar-refractivity contribution in [3.05, 3.63) is 92.3 Å². The van der Waals surface area contributed by atoms with Gasteiger partial charge in [-0.05, 0) is 55.5 Å². The Balaban J connectivity index is 1.72. The number of carbonyl (C=O) groups excluding carboxylic acids is 1.